The maximum absolute atomic E-state index is 12.7. The number of rotatable bonds is 8. The zero-order valence-corrected chi connectivity index (χ0v) is 17.6. The summed E-state index contributed by atoms with van der Waals surface area (Å²) >= 11 is 1.45. The maximum Gasteiger partial charge on any atom is 0.330 e. The second-order valence-corrected chi connectivity index (χ2v) is 9.28. The van der Waals surface area contributed by atoms with E-state index in [1.807, 2.05) is 44.2 Å². The van der Waals surface area contributed by atoms with E-state index in [1.54, 1.807) is 0 Å². The first-order chi connectivity index (χ1) is 14.2. The molecule has 1 unspecified atom stereocenters. The van der Waals surface area contributed by atoms with Gasteiger partial charge >= 0.3 is 11.9 Å². The standard InChI is InChI=1S/C21H24N2O6S/c1-4-15(25)28-10-11-29-20(27)17-21(2,3)30-19-16(18(26)23(17)19)22-14(24)12-13-8-6-5-7-9-13/h4-9,16-17,19H,1,10-12H2,2-3H3,(H,22,24)/t16-,17+,19?/m0/s1. The van der Waals surface area contributed by atoms with E-state index in [9.17, 15) is 19.2 Å². The number of nitrogens with one attached hydrogen (secondary N) is 1. The molecule has 0 saturated carbocycles. The Labute approximate surface area is 179 Å². The van der Waals surface area contributed by atoms with Crippen molar-refractivity contribution in [2.24, 2.45) is 0 Å². The van der Waals surface area contributed by atoms with Gasteiger partial charge < -0.3 is 19.7 Å². The fraction of sp³-hybridized carbons (Fsp3) is 0.429. The quantitative estimate of drug-likeness (QED) is 0.284. The van der Waals surface area contributed by atoms with Gasteiger partial charge in [-0.05, 0) is 19.4 Å². The number of nitrogens with zero attached hydrogens (tertiary/aromatic N) is 1. The van der Waals surface area contributed by atoms with Gasteiger partial charge in [0.05, 0.1) is 6.42 Å². The third kappa shape index (κ3) is 4.51. The molecule has 2 aliphatic heterocycles. The van der Waals surface area contributed by atoms with Crippen molar-refractivity contribution >= 4 is 35.5 Å². The Morgan fingerprint density at radius 3 is 2.53 bits per heavy atom. The van der Waals surface area contributed by atoms with Crippen molar-refractivity contribution in [3.8, 4) is 0 Å². The van der Waals surface area contributed by atoms with Crippen LogP contribution in [0.3, 0.4) is 0 Å². The number of carbonyl (C=O) groups excluding carboxylic acids is 4. The minimum absolute atomic E-state index is 0.0908. The first kappa shape index (κ1) is 21.9. The lowest BCUT2D eigenvalue weighted by atomic mass is 9.96. The summed E-state index contributed by atoms with van der Waals surface area (Å²) in [7, 11) is 0. The third-order valence-electron chi connectivity index (χ3n) is 4.93. The van der Waals surface area contributed by atoms with E-state index in [0.29, 0.717) is 0 Å². The van der Waals surface area contributed by atoms with E-state index in [0.717, 1.165) is 11.6 Å². The Kier molecular flexibility index (Phi) is 6.50. The largest absolute Gasteiger partial charge is 0.460 e. The number of amides is 2. The summed E-state index contributed by atoms with van der Waals surface area (Å²) < 4.78 is 9.40. The van der Waals surface area contributed by atoms with Gasteiger partial charge in [0.15, 0.2) is 0 Å². The van der Waals surface area contributed by atoms with Crippen molar-refractivity contribution in [3.05, 3.63) is 48.6 Å². The van der Waals surface area contributed by atoms with Gasteiger partial charge in [-0.25, -0.2) is 9.59 Å². The lowest BCUT2D eigenvalue weighted by Gasteiger charge is -2.43. The van der Waals surface area contributed by atoms with Gasteiger partial charge in [-0.15, -0.1) is 11.8 Å². The van der Waals surface area contributed by atoms with Crippen LogP contribution in [0.15, 0.2) is 43.0 Å². The lowest BCUT2D eigenvalue weighted by molar-refractivity contribution is -0.165. The molecule has 2 aliphatic rings. The summed E-state index contributed by atoms with van der Waals surface area (Å²) in [5, 5.41) is 2.45. The second-order valence-electron chi connectivity index (χ2n) is 7.51. The molecular formula is C21H24N2O6S. The Morgan fingerprint density at radius 1 is 1.20 bits per heavy atom. The maximum atomic E-state index is 12.7. The topological polar surface area (TPSA) is 102 Å². The van der Waals surface area contributed by atoms with Gasteiger partial charge in [-0.3, -0.25) is 9.59 Å². The number of carbonyl (C=O) groups is 4. The van der Waals surface area contributed by atoms with Crippen LogP contribution < -0.4 is 5.32 Å². The summed E-state index contributed by atoms with van der Waals surface area (Å²) in [6.45, 7) is 6.79. The number of benzene rings is 1. The zero-order chi connectivity index (χ0) is 21.9. The average Bonchev–Trinajstić information content (AvgIpc) is 2.97. The molecule has 1 N–H and O–H groups in total. The highest BCUT2D eigenvalue weighted by atomic mass is 32.2. The molecule has 9 heteroatoms. The molecule has 0 radical (unpaired) electrons. The molecule has 1 aromatic rings. The molecule has 30 heavy (non-hydrogen) atoms. The SMILES string of the molecule is C=CC(=O)OCCOC(=O)[C@H]1N2C(=O)[C@H](NC(=O)Cc3ccccc3)C2SC1(C)C. The van der Waals surface area contributed by atoms with Gasteiger partial charge in [0.1, 0.15) is 30.7 Å². The van der Waals surface area contributed by atoms with Crippen LogP contribution in [0.4, 0.5) is 0 Å². The fourth-order valence-corrected chi connectivity index (χ4v) is 5.18. The van der Waals surface area contributed by atoms with Gasteiger partial charge in [0.2, 0.25) is 11.8 Å². The predicted molar refractivity (Wildman–Crippen MR) is 110 cm³/mol. The van der Waals surface area contributed by atoms with Crippen molar-refractivity contribution in [1.29, 1.82) is 0 Å². The first-order valence-electron chi connectivity index (χ1n) is 9.53. The third-order valence-corrected chi connectivity index (χ3v) is 6.50. The first-order valence-corrected chi connectivity index (χ1v) is 10.4. The van der Waals surface area contributed by atoms with Crippen molar-refractivity contribution in [3.63, 3.8) is 0 Å². The molecule has 2 fully saturated rings. The molecule has 0 spiro atoms. The fourth-order valence-electron chi connectivity index (χ4n) is 3.55. The van der Waals surface area contributed by atoms with Crippen molar-refractivity contribution in [2.75, 3.05) is 13.2 Å². The molecular weight excluding hydrogens is 408 g/mol. The number of esters is 2. The van der Waals surface area contributed by atoms with E-state index in [4.69, 9.17) is 9.47 Å². The Hall–Kier alpha value is -2.81. The van der Waals surface area contributed by atoms with E-state index < -0.39 is 28.8 Å². The minimum Gasteiger partial charge on any atom is -0.460 e. The summed E-state index contributed by atoms with van der Waals surface area (Å²) in [6.07, 6.45) is 1.20. The van der Waals surface area contributed by atoms with Crippen LogP contribution in [0.25, 0.3) is 0 Å². The van der Waals surface area contributed by atoms with Gasteiger partial charge in [0, 0.05) is 10.8 Å². The van der Waals surface area contributed by atoms with Gasteiger partial charge in [0.25, 0.3) is 0 Å². The molecule has 2 heterocycles. The average molecular weight is 432 g/mol. The van der Waals surface area contributed by atoms with Crippen molar-refractivity contribution < 1.29 is 28.7 Å². The van der Waals surface area contributed by atoms with Crippen LogP contribution in [0.1, 0.15) is 19.4 Å². The normalized spacial score (nSPS) is 23.7. The molecule has 0 aliphatic carbocycles. The number of fused-ring (bicyclic) bond motifs is 1. The van der Waals surface area contributed by atoms with E-state index in [2.05, 4.69) is 11.9 Å². The lowest BCUT2D eigenvalue weighted by Crippen LogP contribution is -2.70. The summed E-state index contributed by atoms with van der Waals surface area (Å²) in [5.41, 5.74) is 0.858. The van der Waals surface area contributed by atoms with Crippen LogP contribution in [0.5, 0.6) is 0 Å². The molecule has 1 aromatic carbocycles. The summed E-state index contributed by atoms with van der Waals surface area (Å²) in [4.78, 5) is 50.2. The Balaban J connectivity index is 1.56. The number of ether oxygens (including phenoxy) is 2. The number of hydrogen-bond acceptors (Lipinski definition) is 7. The Morgan fingerprint density at radius 2 is 1.87 bits per heavy atom. The summed E-state index contributed by atoms with van der Waals surface area (Å²) in [5.74, 6) is -1.71. The molecule has 0 aromatic heterocycles. The minimum atomic E-state index is -0.780. The van der Waals surface area contributed by atoms with E-state index in [1.165, 1.54) is 16.7 Å². The van der Waals surface area contributed by atoms with Crippen molar-refractivity contribution in [2.45, 2.75) is 42.5 Å². The number of β-lactam (4-membered cyclic amide) rings is 1. The number of hydrogen-bond donors (Lipinski definition) is 1. The van der Waals surface area contributed by atoms with Gasteiger partial charge in [-0.1, -0.05) is 36.9 Å². The summed E-state index contributed by atoms with van der Waals surface area (Å²) in [6, 6.07) is 7.81. The molecule has 160 valence electrons. The highest BCUT2D eigenvalue weighted by Crippen LogP contribution is 2.51. The molecule has 3 atom stereocenters. The zero-order valence-electron chi connectivity index (χ0n) is 16.8. The Bertz CT molecular complexity index is 856. The van der Waals surface area contributed by atoms with Crippen LogP contribution in [-0.4, -0.2) is 64.1 Å². The van der Waals surface area contributed by atoms with Crippen LogP contribution in [-0.2, 0) is 35.1 Å². The molecule has 3 rings (SSSR count). The van der Waals surface area contributed by atoms with Crippen molar-refractivity contribution in [1.82, 2.24) is 10.2 Å². The second kappa shape index (κ2) is 8.91. The van der Waals surface area contributed by atoms with E-state index in [-0.39, 0.29) is 36.8 Å². The monoisotopic (exact) mass is 432 g/mol. The predicted octanol–water partition coefficient (Wildman–Crippen LogP) is 1.05. The van der Waals surface area contributed by atoms with E-state index >= 15 is 0 Å². The highest BCUT2D eigenvalue weighted by Gasteiger charge is 2.64. The van der Waals surface area contributed by atoms with Crippen LogP contribution in [0, 0.1) is 0 Å². The van der Waals surface area contributed by atoms with Crippen LogP contribution in [0.2, 0.25) is 0 Å². The van der Waals surface area contributed by atoms with Crippen LogP contribution >= 0.6 is 11.8 Å². The highest BCUT2D eigenvalue weighted by molar-refractivity contribution is 8.01. The number of thioether (sulfide) groups is 1. The smallest absolute Gasteiger partial charge is 0.330 e. The van der Waals surface area contributed by atoms with Gasteiger partial charge in [-0.2, -0.15) is 0 Å². The molecule has 2 amide bonds. The molecule has 2 saturated heterocycles. The molecule has 8 nitrogen and oxygen atoms in total. The molecule has 0 bridgehead atoms.